The van der Waals surface area contributed by atoms with Crippen molar-refractivity contribution in [2.24, 2.45) is 5.73 Å². The Balaban J connectivity index is 1.92. The van der Waals surface area contributed by atoms with Gasteiger partial charge in [-0.15, -0.1) is 0 Å². The first kappa shape index (κ1) is 15.4. The van der Waals surface area contributed by atoms with E-state index in [0.29, 0.717) is 5.69 Å². The first-order chi connectivity index (χ1) is 11.2. The number of ether oxygens (including phenoxy) is 2. The summed E-state index contributed by atoms with van der Waals surface area (Å²) in [6.07, 6.45) is 0. The van der Waals surface area contributed by atoms with E-state index in [2.05, 4.69) is 20.3 Å². The number of carbonyl (C=O) groups is 1. The van der Waals surface area contributed by atoms with Crippen LogP contribution in [0.4, 0.5) is 0 Å². The Hall–Kier alpha value is -2.45. The Morgan fingerprint density at radius 3 is 2.87 bits per heavy atom. The molecule has 1 fully saturated rings. The lowest BCUT2D eigenvalue weighted by Crippen LogP contribution is -2.35. The number of rotatable bonds is 5. The molecule has 1 aromatic carbocycles. The Labute approximate surface area is 133 Å². The van der Waals surface area contributed by atoms with Gasteiger partial charge in [0.25, 0.3) is 5.91 Å². The van der Waals surface area contributed by atoms with Crippen molar-refractivity contribution in [3.63, 3.8) is 0 Å². The van der Waals surface area contributed by atoms with Crippen LogP contribution < -0.4 is 10.5 Å². The van der Waals surface area contributed by atoms with Crippen LogP contribution in [0.1, 0.15) is 16.1 Å². The number of methoxy groups -OCH3 is 1. The zero-order valence-corrected chi connectivity index (χ0v) is 12.9. The number of carbonyl (C=O) groups excluding carboxylic acids is 1. The van der Waals surface area contributed by atoms with Gasteiger partial charge < -0.3 is 15.2 Å². The van der Waals surface area contributed by atoms with Crippen LogP contribution in [0.2, 0.25) is 0 Å². The van der Waals surface area contributed by atoms with Crippen molar-refractivity contribution in [2.45, 2.75) is 6.54 Å². The summed E-state index contributed by atoms with van der Waals surface area (Å²) < 4.78 is 10.8. The summed E-state index contributed by atoms with van der Waals surface area (Å²) in [5.41, 5.74) is 7.70. The van der Waals surface area contributed by atoms with Crippen molar-refractivity contribution >= 4 is 5.91 Å². The van der Waals surface area contributed by atoms with Gasteiger partial charge in [-0.2, -0.15) is 15.4 Å². The molecule has 1 aromatic heterocycles. The van der Waals surface area contributed by atoms with Crippen molar-refractivity contribution in [3.05, 3.63) is 29.5 Å². The van der Waals surface area contributed by atoms with Crippen LogP contribution in [0, 0.1) is 0 Å². The van der Waals surface area contributed by atoms with Gasteiger partial charge in [0.05, 0.1) is 20.3 Å². The molecule has 1 amide bonds. The minimum Gasteiger partial charge on any atom is -0.496 e. The fourth-order valence-corrected chi connectivity index (χ4v) is 2.65. The van der Waals surface area contributed by atoms with Crippen molar-refractivity contribution in [3.8, 4) is 17.0 Å². The number of morpholine rings is 1. The Kier molecular flexibility index (Phi) is 4.54. The highest BCUT2D eigenvalue weighted by Crippen LogP contribution is 2.28. The summed E-state index contributed by atoms with van der Waals surface area (Å²) in [6, 6.07) is 5.66. The molecule has 3 rings (SSSR count). The molecular weight excluding hydrogens is 298 g/mol. The van der Waals surface area contributed by atoms with Crippen molar-refractivity contribution in [1.29, 1.82) is 0 Å². The summed E-state index contributed by atoms with van der Waals surface area (Å²) in [7, 11) is 1.64. The lowest BCUT2D eigenvalue weighted by molar-refractivity contribution is 0.0339. The SMILES string of the molecule is COc1ccc(-c2n[nH]nc2C(N)=O)cc1CN1CCOCC1. The second kappa shape index (κ2) is 6.76. The zero-order chi connectivity index (χ0) is 16.2. The maximum atomic E-state index is 11.4. The number of aromatic nitrogens is 3. The van der Waals surface area contributed by atoms with Gasteiger partial charge in [0.2, 0.25) is 0 Å². The number of H-pyrrole nitrogens is 1. The van der Waals surface area contributed by atoms with Gasteiger partial charge in [-0.05, 0) is 18.2 Å². The number of hydrogen-bond donors (Lipinski definition) is 2. The predicted octanol–water partition coefficient (Wildman–Crippen LogP) is 0.411. The molecule has 1 aliphatic rings. The standard InChI is InChI=1S/C15H19N5O3/c1-22-12-3-2-10(13-14(15(16)21)18-19-17-13)8-11(12)9-20-4-6-23-7-5-20/h2-3,8H,4-7,9H2,1H3,(H2,16,21)(H,17,18,19). The summed E-state index contributed by atoms with van der Waals surface area (Å²) >= 11 is 0. The third-order valence-corrected chi connectivity index (χ3v) is 3.83. The van der Waals surface area contributed by atoms with E-state index in [1.807, 2.05) is 18.2 Å². The highest BCUT2D eigenvalue weighted by molar-refractivity contribution is 5.96. The van der Waals surface area contributed by atoms with Crippen molar-refractivity contribution < 1.29 is 14.3 Å². The van der Waals surface area contributed by atoms with Crippen LogP contribution in [0.3, 0.4) is 0 Å². The van der Waals surface area contributed by atoms with Gasteiger partial charge in [-0.25, -0.2) is 0 Å². The smallest absolute Gasteiger partial charge is 0.271 e. The molecule has 0 spiro atoms. The number of nitrogens with one attached hydrogen (secondary N) is 1. The third-order valence-electron chi connectivity index (χ3n) is 3.83. The Morgan fingerprint density at radius 1 is 1.39 bits per heavy atom. The number of primary amides is 1. The summed E-state index contributed by atoms with van der Waals surface area (Å²) in [6.45, 7) is 3.96. The maximum Gasteiger partial charge on any atom is 0.271 e. The Bertz CT molecular complexity index is 694. The number of hydrogen-bond acceptors (Lipinski definition) is 6. The van der Waals surface area contributed by atoms with Gasteiger partial charge >= 0.3 is 0 Å². The summed E-state index contributed by atoms with van der Waals surface area (Å²) in [5, 5.41) is 10.3. The van der Waals surface area contributed by atoms with Crippen LogP contribution >= 0.6 is 0 Å². The average Bonchev–Trinajstić information content (AvgIpc) is 3.06. The monoisotopic (exact) mass is 317 g/mol. The highest BCUT2D eigenvalue weighted by Gasteiger charge is 2.18. The third kappa shape index (κ3) is 3.33. The van der Waals surface area contributed by atoms with E-state index in [4.69, 9.17) is 15.2 Å². The van der Waals surface area contributed by atoms with Crippen molar-refractivity contribution in [2.75, 3.05) is 33.4 Å². The van der Waals surface area contributed by atoms with E-state index in [9.17, 15) is 4.79 Å². The topological polar surface area (TPSA) is 106 Å². The molecule has 2 heterocycles. The van der Waals surface area contributed by atoms with E-state index in [1.165, 1.54) is 0 Å². The van der Waals surface area contributed by atoms with Crippen LogP contribution in [-0.4, -0.2) is 59.6 Å². The molecule has 0 radical (unpaired) electrons. The maximum absolute atomic E-state index is 11.4. The minimum atomic E-state index is -0.612. The fourth-order valence-electron chi connectivity index (χ4n) is 2.65. The highest BCUT2D eigenvalue weighted by atomic mass is 16.5. The number of aromatic amines is 1. The number of benzene rings is 1. The fraction of sp³-hybridized carbons (Fsp3) is 0.400. The summed E-state index contributed by atoms with van der Waals surface area (Å²) in [4.78, 5) is 13.7. The van der Waals surface area contributed by atoms with Crippen LogP contribution in [-0.2, 0) is 11.3 Å². The molecule has 2 aromatic rings. The van der Waals surface area contributed by atoms with E-state index >= 15 is 0 Å². The molecule has 1 saturated heterocycles. The molecule has 0 aliphatic carbocycles. The second-order valence-electron chi connectivity index (χ2n) is 5.30. The van der Waals surface area contributed by atoms with Gasteiger partial charge in [0.15, 0.2) is 5.69 Å². The van der Waals surface area contributed by atoms with E-state index < -0.39 is 5.91 Å². The van der Waals surface area contributed by atoms with Gasteiger partial charge in [0.1, 0.15) is 11.4 Å². The molecule has 1 aliphatic heterocycles. The quantitative estimate of drug-likeness (QED) is 0.827. The number of nitrogens with zero attached hydrogens (tertiary/aromatic N) is 3. The lowest BCUT2D eigenvalue weighted by Gasteiger charge is -2.27. The van der Waals surface area contributed by atoms with Crippen LogP contribution in [0.15, 0.2) is 18.2 Å². The van der Waals surface area contributed by atoms with Gasteiger partial charge in [-0.3, -0.25) is 9.69 Å². The zero-order valence-electron chi connectivity index (χ0n) is 12.9. The first-order valence-corrected chi connectivity index (χ1v) is 7.37. The average molecular weight is 317 g/mol. The normalized spacial score (nSPS) is 15.5. The lowest BCUT2D eigenvalue weighted by atomic mass is 10.0. The Morgan fingerprint density at radius 2 is 2.17 bits per heavy atom. The molecule has 0 saturated carbocycles. The molecule has 3 N–H and O–H groups in total. The van der Waals surface area contributed by atoms with Crippen LogP contribution in [0.25, 0.3) is 11.3 Å². The largest absolute Gasteiger partial charge is 0.496 e. The van der Waals surface area contributed by atoms with Gasteiger partial charge in [0, 0.05) is 30.8 Å². The summed E-state index contributed by atoms with van der Waals surface area (Å²) in [5.74, 6) is 0.184. The minimum absolute atomic E-state index is 0.132. The molecule has 8 nitrogen and oxygen atoms in total. The first-order valence-electron chi connectivity index (χ1n) is 7.37. The molecular formula is C15H19N5O3. The number of nitrogens with two attached hydrogens (primary N) is 1. The van der Waals surface area contributed by atoms with Crippen molar-refractivity contribution in [1.82, 2.24) is 20.3 Å². The van der Waals surface area contributed by atoms with E-state index in [1.54, 1.807) is 7.11 Å². The van der Waals surface area contributed by atoms with Crippen LogP contribution in [0.5, 0.6) is 5.75 Å². The predicted molar refractivity (Wildman–Crippen MR) is 83.0 cm³/mol. The van der Waals surface area contributed by atoms with E-state index in [0.717, 1.165) is 49.7 Å². The van der Waals surface area contributed by atoms with Gasteiger partial charge in [-0.1, -0.05) is 0 Å². The molecule has 122 valence electrons. The van der Waals surface area contributed by atoms with E-state index in [-0.39, 0.29) is 5.69 Å². The molecule has 0 unspecified atom stereocenters. The molecule has 0 atom stereocenters. The second-order valence-corrected chi connectivity index (χ2v) is 5.30. The molecule has 8 heteroatoms. The number of amides is 1. The molecule has 23 heavy (non-hydrogen) atoms. The molecule has 0 bridgehead atoms.